The van der Waals surface area contributed by atoms with Crippen LogP contribution in [0.1, 0.15) is 80.0 Å². The van der Waals surface area contributed by atoms with E-state index < -0.39 is 0 Å². The monoisotopic (exact) mass is 556 g/mol. The van der Waals surface area contributed by atoms with Gasteiger partial charge in [0, 0.05) is 81.0 Å². The molecule has 2 N–H and O–H groups in total. The Labute approximate surface area is 240 Å². The van der Waals surface area contributed by atoms with E-state index in [0.29, 0.717) is 33.0 Å². The van der Waals surface area contributed by atoms with Gasteiger partial charge in [-0.05, 0) is 73.6 Å². The number of hydrogen-bond acceptors (Lipinski definition) is 6. The van der Waals surface area contributed by atoms with Crippen LogP contribution >= 0.6 is 0 Å². The number of imide groups is 2. The molecule has 0 aromatic heterocycles. The molecule has 0 unspecified atom stereocenters. The smallest absolute Gasteiger partial charge is 0.258 e. The molecule has 0 radical (unpaired) electrons. The molecule has 4 amide bonds. The summed E-state index contributed by atoms with van der Waals surface area (Å²) in [7, 11) is 0. The fourth-order valence-electron chi connectivity index (χ4n) is 8.04. The molecule has 2 saturated heterocycles. The number of fused-ring (bicyclic) bond motifs is 2. The Kier molecular flexibility index (Phi) is 4.79. The van der Waals surface area contributed by atoms with E-state index in [2.05, 4.69) is 20.4 Å². The van der Waals surface area contributed by atoms with Crippen LogP contribution in [0, 0.1) is 0 Å². The standard InChI is InChI=1S/C34H28N4O4/c39-31-19-10-8-18-28-24(38-13-5-2-6-14-38)16-22-26-20(32(40)36-34(22)42)9-7-17(30(26)28)27-23(37-11-3-1-4-12-37)15-21(33(41)35-31)25(19)29(18)27/h7-10,15-16H,1-6,11-14H2,(H,35,39,41)(H,36,40,42). The van der Waals surface area contributed by atoms with Crippen molar-refractivity contribution in [3.8, 4) is 0 Å². The lowest BCUT2D eigenvalue weighted by molar-refractivity contribution is 0.0828. The van der Waals surface area contributed by atoms with Crippen LogP contribution in [0.3, 0.4) is 0 Å². The number of rotatable bonds is 2. The van der Waals surface area contributed by atoms with Gasteiger partial charge < -0.3 is 9.80 Å². The molecule has 9 rings (SSSR count). The number of amides is 4. The summed E-state index contributed by atoms with van der Waals surface area (Å²) in [6, 6.07) is 11.6. The van der Waals surface area contributed by atoms with E-state index in [9.17, 15) is 19.2 Å². The highest BCUT2D eigenvalue weighted by Gasteiger charge is 2.34. The van der Waals surface area contributed by atoms with Gasteiger partial charge in [0.25, 0.3) is 23.6 Å². The molecule has 0 bridgehead atoms. The van der Waals surface area contributed by atoms with E-state index in [1.165, 1.54) is 0 Å². The van der Waals surface area contributed by atoms with Crippen LogP contribution in [0.5, 0.6) is 0 Å². The third-order valence-electron chi connectivity index (χ3n) is 9.89. The lowest BCUT2D eigenvalue weighted by atomic mass is 9.81. The first-order valence-corrected chi connectivity index (χ1v) is 15.0. The largest absolute Gasteiger partial charge is 0.371 e. The topological polar surface area (TPSA) is 98.8 Å². The van der Waals surface area contributed by atoms with E-state index in [1.807, 2.05) is 36.4 Å². The van der Waals surface area contributed by atoms with Gasteiger partial charge in [0.05, 0.1) is 11.1 Å². The molecule has 5 aromatic rings. The van der Waals surface area contributed by atoms with Gasteiger partial charge in [-0.2, -0.15) is 0 Å². The first-order chi connectivity index (χ1) is 20.5. The van der Waals surface area contributed by atoms with Crippen LogP contribution < -0.4 is 20.4 Å². The Morgan fingerprint density at radius 2 is 0.810 bits per heavy atom. The summed E-state index contributed by atoms with van der Waals surface area (Å²) in [6.07, 6.45) is 6.58. The highest BCUT2D eigenvalue weighted by atomic mass is 16.2. The van der Waals surface area contributed by atoms with Crippen LogP contribution in [0.25, 0.3) is 43.1 Å². The minimum atomic E-state index is -0.384. The Balaban J connectivity index is 1.56. The molecule has 8 nitrogen and oxygen atoms in total. The average molecular weight is 557 g/mol. The van der Waals surface area contributed by atoms with Crippen molar-refractivity contribution in [3.63, 3.8) is 0 Å². The van der Waals surface area contributed by atoms with E-state index in [1.54, 1.807) is 0 Å². The molecule has 208 valence electrons. The van der Waals surface area contributed by atoms with E-state index in [-0.39, 0.29) is 23.6 Å². The number of hydrogen-bond donors (Lipinski definition) is 2. The molecule has 8 heteroatoms. The van der Waals surface area contributed by atoms with Gasteiger partial charge in [-0.25, -0.2) is 0 Å². The summed E-state index contributed by atoms with van der Waals surface area (Å²) in [6.45, 7) is 3.51. The SMILES string of the molecule is O=C1NC(=O)c2cc(N3CCCCC3)c3c4ccc5c6c(cc(N7CCCCC7)c(c7ccc1c2c73)c64)C(=O)NC5=O. The maximum absolute atomic E-state index is 13.4. The summed E-state index contributed by atoms with van der Waals surface area (Å²) in [4.78, 5) is 57.7. The second-order valence-corrected chi connectivity index (χ2v) is 12.1. The zero-order valence-electron chi connectivity index (χ0n) is 23.1. The molecular formula is C34H28N4O4. The molecule has 4 aliphatic rings. The molecule has 4 aliphatic heterocycles. The third kappa shape index (κ3) is 3.01. The predicted molar refractivity (Wildman–Crippen MR) is 163 cm³/mol. The van der Waals surface area contributed by atoms with Gasteiger partial charge in [-0.3, -0.25) is 29.8 Å². The normalized spacial score (nSPS) is 19.0. The Hall–Kier alpha value is -4.72. The number of nitrogens with one attached hydrogen (secondary N) is 2. The molecule has 0 atom stereocenters. The van der Waals surface area contributed by atoms with E-state index in [0.717, 1.165) is 108 Å². The van der Waals surface area contributed by atoms with E-state index in [4.69, 9.17) is 0 Å². The quantitative estimate of drug-likeness (QED) is 0.170. The molecule has 0 aliphatic carbocycles. The maximum Gasteiger partial charge on any atom is 0.258 e. The zero-order valence-corrected chi connectivity index (χ0v) is 23.1. The minimum Gasteiger partial charge on any atom is -0.371 e. The molecule has 5 aromatic carbocycles. The number of benzene rings is 5. The number of nitrogens with zero attached hydrogens (tertiary/aromatic N) is 2. The lowest BCUT2D eigenvalue weighted by Crippen LogP contribution is -2.36. The van der Waals surface area contributed by atoms with Crippen LogP contribution in [0.2, 0.25) is 0 Å². The van der Waals surface area contributed by atoms with Crippen LogP contribution in [0.4, 0.5) is 11.4 Å². The van der Waals surface area contributed by atoms with Crippen molar-refractivity contribution in [2.45, 2.75) is 38.5 Å². The number of carbonyl (C=O) groups is 4. The first-order valence-electron chi connectivity index (χ1n) is 15.0. The van der Waals surface area contributed by atoms with Gasteiger partial charge >= 0.3 is 0 Å². The van der Waals surface area contributed by atoms with Gasteiger partial charge in [0.15, 0.2) is 0 Å². The Bertz CT molecular complexity index is 1940. The summed E-state index contributed by atoms with van der Waals surface area (Å²) in [5, 5.41) is 12.2. The molecule has 0 saturated carbocycles. The average Bonchev–Trinajstić information content (AvgIpc) is 3.02. The summed E-state index contributed by atoms with van der Waals surface area (Å²) < 4.78 is 0. The van der Waals surface area contributed by atoms with E-state index >= 15 is 0 Å². The van der Waals surface area contributed by atoms with Gasteiger partial charge in [0.2, 0.25) is 0 Å². The van der Waals surface area contributed by atoms with Crippen molar-refractivity contribution >= 4 is 78.1 Å². The van der Waals surface area contributed by atoms with Crippen LogP contribution in [-0.2, 0) is 0 Å². The van der Waals surface area contributed by atoms with Gasteiger partial charge in [0.1, 0.15) is 0 Å². The second-order valence-electron chi connectivity index (χ2n) is 12.1. The molecule has 42 heavy (non-hydrogen) atoms. The number of carbonyl (C=O) groups excluding carboxylic acids is 4. The van der Waals surface area contributed by atoms with Crippen LogP contribution in [0.15, 0.2) is 36.4 Å². The van der Waals surface area contributed by atoms with Crippen molar-refractivity contribution in [2.24, 2.45) is 0 Å². The first kappa shape index (κ1) is 23.9. The van der Waals surface area contributed by atoms with Gasteiger partial charge in [-0.15, -0.1) is 0 Å². The van der Waals surface area contributed by atoms with Crippen molar-refractivity contribution in [1.29, 1.82) is 0 Å². The summed E-state index contributed by atoms with van der Waals surface area (Å²) >= 11 is 0. The van der Waals surface area contributed by atoms with Crippen molar-refractivity contribution in [3.05, 3.63) is 58.7 Å². The zero-order chi connectivity index (χ0) is 28.3. The highest BCUT2D eigenvalue weighted by Crippen LogP contribution is 2.51. The second kappa shape index (κ2) is 8.41. The number of piperidine rings is 2. The van der Waals surface area contributed by atoms with Gasteiger partial charge in [-0.1, -0.05) is 12.1 Å². The fourth-order valence-corrected chi connectivity index (χ4v) is 8.04. The highest BCUT2D eigenvalue weighted by molar-refractivity contribution is 6.44. The molecule has 0 spiro atoms. The van der Waals surface area contributed by atoms with Crippen molar-refractivity contribution in [1.82, 2.24) is 10.6 Å². The molecule has 2 fully saturated rings. The van der Waals surface area contributed by atoms with Crippen molar-refractivity contribution in [2.75, 3.05) is 36.0 Å². The fraction of sp³-hybridized carbons (Fsp3) is 0.294. The Morgan fingerprint density at radius 1 is 0.429 bits per heavy atom. The van der Waals surface area contributed by atoms with Crippen LogP contribution in [-0.4, -0.2) is 49.8 Å². The lowest BCUT2D eigenvalue weighted by Gasteiger charge is -2.34. The predicted octanol–water partition coefficient (Wildman–Crippen LogP) is 5.49. The minimum absolute atomic E-state index is 0.371. The Morgan fingerprint density at radius 3 is 1.21 bits per heavy atom. The maximum atomic E-state index is 13.4. The summed E-state index contributed by atoms with van der Waals surface area (Å²) in [5.74, 6) is -1.51. The molecule has 4 heterocycles. The summed E-state index contributed by atoms with van der Waals surface area (Å²) in [5.41, 5.74) is 3.98. The molecular weight excluding hydrogens is 528 g/mol. The van der Waals surface area contributed by atoms with Crippen molar-refractivity contribution < 1.29 is 19.2 Å². The third-order valence-corrected chi connectivity index (χ3v) is 9.89. The number of anilines is 2.